The highest BCUT2D eigenvalue weighted by Crippen LogP contribution is 2.24. The maximum Gasteiger partial charge on any atom is 0.407 e. The van der Waals surface area contributed by atoms with Crippen LogP contribution in [0.2, 0.25) is 0 Å². The average molecular weight is 422 g/mol. The fraction of sp³-hybridized carbons (Fsp3) is 0.391. The van der Waals surface area contributed by atoms with Gasteiger partial charge in [0, 0.05) is 43.6 Å². The van der Waals surface area contributed by atoms with Crippen molar-refractivity contribution in [3.8, 4) is 6.07 Å². The van der Waals surface area contributed by atoms with Gasteiger partial charge in [0.15, 0.2) is 0 Å². The van der Waals surface area contributed by atoms with Crippen molar-refractivity contribution in [3.63, 3.8) is 0 Å². The van der Waals surface area contributed by atoms with Crippen LogP contribution in [-0.2, 0) is 9.53 Å². The highest BCUT2D eigenvalue weighted by Gasteiger charge is 2.29. The van der Waals surface area contributed by atoms with Gasteiger partial charge in [0.2, 0.25) is 5.91 Å². The number of piperazine rings is 1. The van der Waals surface area contributed by atoms with E-state index in [2.05, 4.69) is 21.3 Å². The van der Waals surface area contributed by atoms with Gasteiger partial charge < -0.3 is 15.0 Å². The van der Waals surface area contributed by atoms with Gasteiger partial charge in [0.05, 0.1) is 25.6 Å². The molecule has 31 heavy (non-hydrogen) atoms. The zero-order valence-electron chi connectivity index (χ0n) is 17.8. The van der Waals surface area contributed by atoms with Crippen LogP contribution in [0.4, 0.5) is 4.79 Å². The Morgan fingerprint density at radius 2 is 1.87 bits per heavy atom. The number of carbonyl (C=O) groups excluding carboxylic acids is 2. The van der Waals surface area contributed by atoms with Gasteiger partial charge in [-0.1, -0.05) is 36.4 Å². The molecule has 1 N–H and O–H groups in total. The van der Waals surface area contributed by atoms with Crippen molar-refractivity contribution in [2.45, 2.75) is 25.4 Å². The molecular weight excluding hydrogens is 394 g/mol. The van der Waals surface area contributed by atoms with Gasteiger partial charge >= 0.3 is 6.09 Å². The molecule has 1 fully saturated rings. The number of nitrogens with zero attached hydrogens (tertiary/aromatic N) is 4. The number of amides is 2. The van der Waals surface area contributed by atoms with Gasteiger partial charge in [-0.15, -0.1) is 0 Å². The molecule has 0 spiro atoms. The Labute approximate surface area is 182 Å². The van der Waals surface area contributed by atoms with E-state index >= 15 is 0 Å². The molecule has 2 aromatic rings. The van der Waals surface area contributed by atoms with E-state index in [9.17, 15) is 14.9 Å². The summed E-state index contributed by atoms with van der Waals surface area (Å²) in [5.41, 5.74) is 2.58. The predicted molar refractivity (Wildman–Crippen MR) is 115 cm³/mol. The standard InChI is InChI=1S/C23H27N5O3/c1-17-19(9-6-10-25-17)21(16-24)27-11-13-28(14-12-27)22(29)15-20(26-23(30)31-2)18-7-4-3-5-8-18/h3-10,20-21H,11-15H2,1-2H3,(H,26,30)/t20-,21+/m0/s1. The smallest absolute Gasteiger partial charge is 0.407 e. The number of aryl methyl sites for hydroxylation is 1. The molecule has 8 nitrogen and oxygen atoms in total. The van der Waals surface area contributed by atoms with Crippen LogP contribution < -0.4 is 5.32 Å². The number of benzene rings is 1. The van der Waals surface area contributed by atoms with Crippen LogP contribution in [0.15, 0.2) is 48.7 Å². The van der Waals surface area contributed by atoms with Crippen LogP contribution in [0.5, 0.6) is 0 Å². The van der Waals surface area contributed by atoms with Crippen LogP contribution >= 0.6 is 0 Å². The van der Waals surface area contributed by atoms with Crippen LogP contribution in [0.25, 0.3) is 0 Å². The maximum atomic E-state index is 13.0. The highest BCUT2D eigenvalue weighted by molar-refractivity contribution is 5.78. The Hall–Kier alpha value is -3.44. The molecule has 0 saturated carbocycles. The van der Waals surface area contributed by atoms with Crippen LogP contribution in [0.1, 0.15) is 35.3 Å². The van der Waals surface area contributed by atoms with Crippen LogP contribution in [0.3, 0.4) is 0 Å². The topological polar surface area (TPSA) is 98.6 Å². The summed E-state index contributed by atoms with van der Waals surface area (Å²) in [5, 5.41) is 12.5. The highest BCUT2D eigenvalue weighted by atomic mass is 16.5. The van der Waals surface area contributed by atoms with Crippen molar-refractivity contribution in [1.29, 1.82) is 5.26 Å². The number of carbonyl (C=O) groups is 2. The van der Waals surface area contributed by atoms with E-state index in [-0.39, 0.29) is 18.4 Å². The Morgan fingerprint density at radius 3 is 2.48 bits per heavy atom. The summed E-state index contributed by atoms with van der Waals surface area (Å²) in [7, 11) is 1.30. The number of nitriles is 1. The molecule has 0 unspecified atom stereocenters. The van der Waals surface area contributed by atoms with Gasteiger partial charge in [0.25, 0.3) is 0 Å². The zero-order valence-corrected chi connectivity index (χ0v) is 17.8. The summed E-state index contributed by atoms with van der Waals surface area (Å²) < 4.78 is 4.72. The fourth-order valence-electron chi connectivity index (χ4n) is 3.81. The second-order valence-electron chi connectivity index (χ2n) is 7.43. The van der Waals surface area contributed by atoms with Gasteiger partial charge in [-0.3, -0.25) is 14.7 Å². The summed E-state index contributed by atoms with van der Waals surface area (Å²) in [4.78, 5) is 32.9. The minimum absolute atomic E-state index is 0.0454. The Balaban J connectivity index is 1.63. The van der Waals surface area contributed by atoms with E-state index in [1.807, 2.05) is 49.4 Å². The van der Waals surface area contributed by atoms with Crippen molar-refractivity contribution in [2.75, 3.05) is 33.3 Å². The monoisotopic (exact) mass is 421 g/mol. The molecule has 1 aromatic heterocycles. The first-order valence-electron chi connectivity index (χ1n) is 10.3. The first kappa shape index (κ1) is 22.2. The molecule has 2 atom stereocenters. The van der Waals surface area contributed by atoms with E-state index in [1.165, 1.54) is 7.11 Å². The van der Waals surface area contributed by atoms with E-state index in [0.717, 1.165) is 16.8 Å². The quantitative estimate of drug-likeness (QED) is 0.770. The Kier molecular flexibility index (Phi) is 7.57. The van der Waals surface area contributed by atoms with Crippen LogP contribution in [0, 0.1) is 18.3 Å². The molecule has 2 amide bonds. The predicted octanol–water partition coefficient (Wildman–Crippen LogP) is 2.59. The number of hydrogen-bond acceptors (Lipinski definition) is 6. The molecule has 1 aromatic carbocycles. The fourth-order valence-corrected chi connectivity index (χ4v) is 3.81. The van der Waals surface area contributed by atoms with Crippen molar-refractivity contribution in [3.05, 3.63) is 65.5 Å². The summed E-state index contributed by atoms with van der Waals surface area (Å²) in [5.74, 6) is -0.0454. The van der Waals surface area contributed by atoms with Gasteiger partial charge in [-0.05, 0) is 18.6 Å². The summed E-state index contributed by atoms with van der Waals surface area (Å²) >= 11 is 0. The largest absolute Gasteiger partial charge is 0.453 e. The molecule has 1 aliphatic rings. The Bertz CT molecular complexity index is 936. The first-order valence-corrected chi connectivity index (χ1v) is 10.3. The second-order valence-corrected chi connectivity index (χ2v) is 7.43. The maximum absolute atomic E-state index is 13.0. The SMILES string of the molecule is COC(=O)N[C@@H](CC(=O)N1CCN([C@H](C#N)c2cccnc2C)CC1)c1ccccc1. The number of pyridine rings is 1. The number of ether oxygens (including phenoxy) is 1. The van der Waals surface area contributed by atoms with E-state index in [1.54, 1.807) is 11.1 Å². The summed E-state index contributed by atoms with van der Waals surface area (Å²) in [6.45, 7) is 4.14. The van der Waals surface area contributed by atoms with E-state index < -0.39 is 12.1 Å². The molecule has 0 aliphatic carbocycles. The van der Waals surface area contributed by atoms with Gasteiger partial charge in [-0.2, -0.15) is 5.26 Å². The van der Waals surface area contributed by atoms with Gasteiger partial charge in [-0.25, -0.2) is 4.79 Å². The third-order valence-electron chi connectivity index (χ3n) is 5.55. The number of alkyl carbamates (subject to hydrolysis) is 1. The molecule has 0 bridgehead atoms. The van der Waals surface area contributed by atoms with Crippen LogP contribution in [-0.4, -0.2) is 60.1 Å². The second kappa shape index (κ2) is 10.5. The number of methoxy groups -OCH3 is 1. The molecule has 2 heterocycles. The van der Waals surface area contributed by atoms with E-state index in [4.69, 9.17) is 4.74 Å². The van der Waals surface area contributed by atoms with Gasteiger partial charge in [0.1, 0.15) is 6.04 Å². The normalized spacial score (nSPS) is 16.1. The van der Waals surface area contributed by atoms with Crippen molar-refractivity contribution < 1.29 is 14.3 Å². The Morgan fingerprint density at radius 1 is 1.16 bits per heavy atom. The molecule has 3 rings (SSSR count). The van der Waals surface area contributed by atoms with E-state index in [0.29, 0.717) is 26.2 Å². The number of rotatable bonds is 6. The summed E-state index contributed by atoms with van der Waals surface area (Å²) in [6, 6.07) is 14.7. The molecule has 1 aliphatic heterocycles. The molecular formula is C23H27N5O3. The average Bonchev–Trinajstić information content (AvgIpc) is 2.81. The minimum atomic E-state index is -0.574. The van der Waals surface area contributed by atoms with Crippen molar-refractivity contribution in [1.82, 2.24) is 20.1 Å². The third-order valence-corrected chi connectivity index (χ3v) is 5.55. The van der Waals surface area contributed by atoms with Crippen molar-refractivity contribution in [2.24, 2.45) is 0 Å². The van der Waals surface area contributed by atoms with Crippen molar-refractivity contribution >= 4 is 12.0 Å². The first-order chi connectivity index (χ1) is 15.0. The minimum Gasteiger partial charge on any atom is -0.453 e. The number of hydrogen-bond donors (Lipinski definition) is 1. The lowest BCUT2D eigenvalue weighted by Crippen LogP contribution is -2.50. The number of aromatic nitrogens is 1. The molecule has 1 saturated heterocycles. The molecule has 0 radical (unpaired) electrons. The third kappa shape index (κ3) is 5.58. The zero-order chi connectivity index (χ0) is 22.2. The molecule has 8 heteroatoms. The lowest BCUT2D eigenvalue weighted by Gasteiger charge is -2.37. The summed E-state index contributed by atoms with van der Waals surface area (Å²) in [6.07, 6.45) is 1.29. The molecule has 162 valence electrons. The lowest BCUT2D eigenvalue weighted by molar-refractivity contribution is -0.133. The lowest BCUT2D eigenvalue weighted by atomic mass is 10.0. The number of nitrogens with one attached hydrogen (secondary N) is 1.